The van der Waals surface area contributed by atoms with Crippen LogP contribution in [-0.2, 0) is 9.53 Å². The molecule has 0 bridgehead atoms. The third-order valence-electron chi connectivity index (χ3n) is 3.91. The Morgan fingerprint density at radius 2 is 1.52 bits per heavy atom. The summed E-state index contributed by atoms with van der Waals surface area (Å²) in [6.07, 6.45) is 8.98. The van der Waals surface area contributed by atoms with Crippen molar-refractivity contribution in [3.8, 4) is 5.75 Å². The van der Waals surface area contributed by atoms with Crippen LogP contribution in [0.5, 0.6) is 5.75 Å². The Balaban J connectivity index is 1.98. The van der Waals surface area contributed by atoms with Crippen molar-refractivity contribution in [2.45, 2.75) is 64.7 Å². The molecule has 0 heterocycles. The Morgan fingerprint density at radius 3 is 2.20 bits per heavy atom. The highest BCUT2D eigenvalue weighted by Gasteiger charge is 2.04. The zero-order valence-corrected chi connectivity index (χ0v) is 15.2. The Morgan fingerprint density at radius 1 is 0.880 bits per heavy atom. The molecular weight excluding hydrogens is 320 g/mol. The van der Waals surface area contributed by atoms with Gasteiger partial charge in [-0.05, 0) is 43.5 Å². The van der Waals surface area contributed by atoms with Gasteiger partial charge in [0.1, 0.15) is 5.75 Å². The molecule has 0 spiro atoms. The summed E-state index contributed by atoms with van der Waals surface area (Å²) >= 11 is 0. The van der Waals surface area contributed by atoms with Crippen LogP contribution in [0, 0.1) is 0 Å². The lowest BCUT2D eigenvalue weighted by molar-refractivity contribution is -0.143. The predicted octanol–water partition coefficient (Wildman–Crippen LogP) is 4.84. The molecule has 0 atom stereocenters. The van der Waals surface area contributed by atoms with Gasteiger partial charge in [-0.3, -0.25) is 4.79 Å². The molecule has 0 aromatic heterocycles. The van der Waals surface area contributed by atoms with Crippen molar-refractivity contribution in [2.75, 3.05) is 13.2 Å². The van der Waals surface area contributed by atoms with Crippen molar-refractivity contribution < 1.29 is 24.2 Å². The van der Waals surface area contributed by atoms with Gasteiger partial charge in [0.15, 0.2) is 0 Å². The normalized spacial score (nSPS) is 10.4. The van der Waals surface area contributed by atoms with Gasteiger partial charge in [-0.25, -0.2) is 4.79 Å². The predicted molar refractivity (Wildman–Crippen MR) is 97.1 cm³/mol. The van der Waals surface area contributed by atoms with Crippen LogP contribution < -0.4 is 4.74 Å². The van der Waals surface area contributed by atoms with Crippen LogP contribution in [0.1, 0.15) is 75.1 Å². The van der Waals surface area contributed by atoms with Crippen molar-refractivity contribution in [3.63, 3.8) is 0 Å². The summed E-state index contributed by atoms with van der Waals surface area (Å²) in [5.74, 6) is -0.457. The van der Waals surface area contributed by atoms with Crippen LogP contribution in [0.15, 0.2) is 24.3 Å². The van der Waals surface area contributed by atoms with E-state index in [1.165, 1.54) is 37.8 Å². The van der Waals surface area contributed by atoms with Gasteiger partial charge in [0.05, 0.1) is 18.8 Å². The number of unbranched alkanes of at least 4 members (excludes halogenated alkanes) is 6. The SMILES string of the molecule is CCCCCCCCOC(=O)CCCCOc1ccc(C(=O)O)cc1. The van der Waals surface area contributed by atoms with E-state index in [1.54, 1.807) is 12.1 Å². The summed E-state index contributed by atoms with van der Waals surface area (Å²) in [5, 5.41) is 8.81. The van der Waals surface area contributed by atoms with Crippen LogP contribution in [0.4, 0.5) is 0 Å². The molecule has 0 unspecified atom stereocenters. The molecule has 140 valence electrons. The van der Waals surface area contributed by atoms with Gasteiger partial charge >= 0.3 is 11.9 Å². The van der Waals surface area contributed by atoms with Gasteiger partial charge in [0.2, 0.25) is 0 Å². The van der Waals surface area contributed by atoms with Crippen LogP contribution in [0.3, 0.4) is 0 Å². The maximum absolute atomic E-state index is 11.6. The van der Waals surface area contributed by atoms with Gasteiger partial charge in [0.25, 0.3) is 0 Å². The van der Waals surface area contributed by atoms with E-state index < -0.39 is 5.97 Å². The second kappa shape index (κ2) is 13.3. The number of hydrogen-bond acceptors (Lipinski definition) is 4. The van der Waals surface area contributed by atoms with Gasteiger partial charge in [-0.2, -0.15) is 0 Å². The van der Waals surface area contributed by atoms with E-state index in [0.717, 1.165) is 25.7 Å². The summed E-state index contributed by atoms with van der Waals surface area (Å²) in [6, 6.07) is 6.30. The van der Waals surface area contributed by atoms with Crippen molar-refractivity contribution in [1.82, 2.24) is 0 Å². The number of carboxylic acid groups (broad SMARTS) is 1. The number of esters is 1. The van der Waals surface area contributed by atoms with Crippen molar-refractivity contribution in [2.24, 2.45) is 0 Å². The lowest BCUT2D eigenvalue weighted by atomic mass is 10.1. The minimum absolute atomic E-state index is 0.139. The first kappa shape index (κ1) is 21.0. The van der Waals surface area contributed by atoms with E-state index >= 15 is 0 Å². The quantitative estimate of drug-likeness (QED) is 0.384. The molecule has 1 N–H and O–H groups in total. The van der Waals surface area contributed by atoms with E-state index in [9.17, 15) is 9.59 Å². The summed E-state index contributed by atoms with van der Waals surface area (Å²) in [5.41, 5.74) is 0.237. The van der Waals surface area contributed by atoms with Crippen molar-refractivity contribution in [1.29, 1.82) is 0 Å². The average Bonchev–Trinajstić information content (AvgIpc) is 2.61. The number of hydrogen-bond donors (Lipinski definition) is 1. The molecule has 0 radical (unpaired) electrons. The van der Waals surface area contributed by atoms with Gasteiger partial charge < -0.3 is 14.6 Å². The molecule has 0 amide bonds. The average molecular weight is 350 g/mol. The standard InChI is InChI=1S/C20H30O5/c1-2-3-4-5-6-8-16-25-19(21)10-7-9-15-24-18-13-11-17(12-14-18)20(22)23/h11-14H,2-10,15-16H2,1H3,(H,22,23). The van der Waals surface area contributed by atoms with Crippen molar-refractivity contribution in [3.05, 3.63) is 29.8 Å². The summed E-state index contributed by atoms with van der Waals surface area (Å²) < 4.78 is 10.7. The lowest BCUT2D eigenvalue weighted by Gasteiger charge is -2.07. The lowest BCUT2D eigenvalue weighted by Crippen LogP contribution is -2.07. The molecule has 0 aliphatic rings. The maximum Gasteiger partial charge on any atom is 0.335 e. The first-order valence-electron chi connectivity index (χ1n) is 9.25. The zero-order valence-electron chi connectivity index (χ0n) is 15.2. The highest BCUT2D eigenvalue weighted by molar-refractivity contribution is 5.87. The molecule has 1 aromatic rings. The number of carboxylic acids is 1. The van der Waals surface area contributed by atoms with Gasteiger partial charge in [0, 0.05) is 6.42 Å². The number of carbonyl (C=O) groups is 2. The van der Waals surface area contributed by atoms with Crippen molar-refractivity contribution >= 4 is 11.9 Å². The van der Waals surface area contributed by atoms with Gasteiger partial charge in [-0.1, -0.05) is 39.0 Å². The molecule has 0 saturated heterocycles. The molecule has 1 aromatic carbocycles. The fourth-order valence-corrected chi connectivity index (χ4v) is 2.40. The van der Waals surface area contributed by atoms with E-state index in [1.807, 2.05) is 0 Å². The van der Waals surface area contributed by atoms with Gasteiger partial charge in [-0.15, -0.1) is 0 Å². The highest BCUT2D eigenvalue weighted by atomic mass is 16.5. The van der Waals surface area contributed by atoms with Crippen LogP contribution in [-0.4, -0.2) is 30.3 Å². The second-order valence-corrected chi connectivity index (χ2v) is 6.12. The molecule has 0 aliphatic carbocycles. The highest BCUT2D eigenvalue weighted by Crippen LogP contribution is 2.13. The first-order chi connectivity index (χ1) is 12.1. The minimum atomic E-state index is -0.953. The zero-order chi connectivity index (χ0) is 18.3. The topological polar surface area (TPSA) is 72.8 Å². The maximum atomic E-state index is 11.6. The molecule has 0 aliphatic heterocycles. The molecule has 5 nitrogen and oxygen atoms in total. The molecule has 5 heteroatoms. The fourth-order valence-electron chi connectivity index (χ4n) is 2.40. The number of ether oxygens (including phenoxy) is 2. The third kappa shape index (κ3) is 10.4. The summed E-state index contributed by atoms with van der Waals surface area (Å²) in [6.45, 7) is 3.22. The number of aromatic carboxylic acids is 1. The molecule has 1 rings (SSSR count). The summed E-state index contributed by atoms with van der Waals surface area (Å²) in [4.78, 5) is 22.3. The third-order valence-corrected chi connectivity index (χ3v) is 3.91. The Bertz CT molecular complexity index is 495. The first-order valence-corrected chi connectivity index (χ1v) is 9.25. The van der Waals surface area contributed by atoms with E-state index in [4.69, 9.17) is 14.6 Å². The number of benzene rings is 1. The molecule has 25 heavy (non-hydrogen) atoms. The fraction of sp³-hybridized carbons (Fsp3) is 0.600. The van der Waals surface area contributed by atoms with Crippen LogP contribution in [0.25, 0.3) is 0 Å². The number of rotatable bonds is 14. The monoisotopic (exact) mass is 350 g/mol. The number of carbonyl (C=O) groups excluding carboxylic acids is 1. The Kier molecular flexibility index (Phi) is 11.2. The molecular formula is C20H30O5. The van der Waals surface area contributed by atoms with E-state index in [2.05, 4.69) is 6.92 Å². The van der Waals surface area contributed by atoms with Crippen LogP contribution >= 0.6 is 0 Å². The van der Waals surface area contributed by atoms with E-state index in [-0.39, 0.29) is 11.5 Å². The smallest absolute Gasteiger partial charge is 0.335 e. The van der Waals surface area contributed by atoms with E-state index in [0.29, 0.717) is 25.4 Å². The molecule has 0 saturated carbocycles. The van der Waals surface area contributed by atoms with Crippen LogP contribution in [0.2, 0.25) is 0 Å². The Labute approximate surface area is 150 Å². The Hall–Kier alpha value is -2.04. The second-order valence-electron chi connectivity index (χ2n) is 6.12. The summed E-state index contributed by atoms with van der Waals surface area (Å²) in [7, 11) is 0. The largest absolute Gasteiger partial charge is 0.494 e. The minimum Gasteiger partial charge on any atom is -0.494 e. The molecule has 0 fully saturated rings.